The van der Waals surface area contributed by atoms with E-state index in [9.17, 15) is 13.2 Å². The number of nitrogens with zero attached hydrogens (tertiary/aromatic N) is 2. The molecule has 1 heterocycles. The normalized spacial score (nSPS) is 12.3. The molecular formula is C23H25F3N4O. The van der Waals surface area contributed by atoms with Crippen molar-refractivity contribution in [3.05, 3.63) is 65.7 Å². The zero-order chi connectivity index (χ0) is 22.4. The summed E-state index contributed by atoms with van der Waals surface area (Å²) in [6.45, 7) is 6.62. The number of ether oxygens (including phenoxy) is 1. The van der Waals surface area contributed by atoms with Crippen molar-refractivity contribution in [1.82, 2.24) is 9.97 Å². The average molecular weight is 430 g/mol. The highest BCUT2D eigenvalue weighted by Gasteiger charge is 2.31. The molecule has 0 saturated carbocycles. The van der Waals surface area contributed by atoms with Crippen LogP contribution >= 0.6 is 0 Å². The number of alkyl halides is 3. The van der Waals surface area contributed by atoms with Crippen molar-refractivity contribution in [2.45, 2.75) is 46.1 Å². The molecule has 31 heavy (non-hydrogen) atoms. The van der Waals surface area contributed by atoms with Gasteiger partial charge in [-0.25, -0.2) is 4.98 Å². The standard InChI is InChI=1S/C23H25F3N4O/c1-4-16(3)28-22-29-20(18-6-5-7-19(12-18)31-23(24,25)26)13-21(30-22)27-14-17-10-8-15(2)9-11-17/h5-13,16H,4,14H2,1-3H3,(H2,27,28,29,30)/t16-/m1/s1. The van der Waals surface area contributed by atoms with Crippen LogP contribution in [0.4, 0.5) is 24.9 Å². The quantitative estimate of drug-likeness (QED) is 0.447. The molecule has 2 N–H and O–H groups in total. The van der Waals surface area contributed by atoms with Gasteiger partial charge in [0, 0.05) is 24.2 Å². The first kappa shape index (κ1) is 22.4. The van der Waals surface area contributed by atoms with E-state index in [2.05, 4.69) is 25.3 Å². The number of anilines is 2. The van der Waals surface area contributed by atoms with Gasteiger partial charge in [-0.05, 0) is 38.0 Å². The molecule has 1 aromatic heterocycles. The topological polar surface area (TPSA) is 59.1 Å². The molecule has 1 atom stereocenters. The van der Waals surface area contributed by atoms with Gasteiger partial charge in [0.25, 0.3) is 0 Å². The molecule has 0 amide bonds. The maximum absolute atomic E-state index is 12.6. The van der Waals surface area contributed by atoms with E-state index in [0.29, 0.717) is 29.6 Å². The smallest absolute Gasteiger partial charge is 0.406 e. The van der Waals surface area contributed by atoms with Gasteiger partial charge in [0.05, 0.1) is 5.69 Å². The number of benzene rings is 2. The summed E-state index contributed by atoms with van der Waals surface area (Å²) in [4.78, 5) is 9.01. The second-order valence-electron chi connectivity index (χ2n) is 7.33. The molecule has 0 aliphatic heterocycles. The van der Waals surface area contributed by atoms with Crippen LogP contribution in [0, 0.1) is 6.92 Å². The second-order valence-corrected chi connectivity index (χ2v) is 7.33. The maximum Gasteiger partial charge on any atom is 0.573 e. The molecule has 0 aliphatic carbocycles. The summed E-state index contributed by atoms with van der Waals surface area (Å²) in [6.07, 6.45) is -3.89. The van der Waals surface area contributed by atoms with E-state index in [0.717, 1.165) is 12.0 Å². The van der Waals surface area contributed by atoms with Crippen LogP contribution in [0.2, 0.25) is 0 Å². The molecule has 2 aromatic carbocycles. The fourth-order valence-electron chi connectivity index (χ4n) is 2.82. The van der Waals surface area contributed by atoms with Gasteiger partial charge in [-0.2, -0.15) is 4.98 Å². The molecule has 8 heteroatoms. The number of hydrogen-bond donors (Lipinski definition) is 2. The first-order valence-electron chi connectivity index (χ1n) is 10.0. The number of aryl methyl sites for hydroxylation is 1. The third kappa shape index (κ3) is 6.87. The lowest BCUT2D eigenvalue weighted by molar-refractivity contribution is -0.274. The van der Waals surface area contributed by atoms with Gasteiger partial charge in [-0.1, -0.05) is 48.9 Å². The molecule has 164 valence electrons. The highest BCUT2D eigenvalue weighted by molar-refractivity contribution is 5.66. The molecule has 3 rings (SSSR count). The molecule has 0 bridgehead atoms. The maximum atomic E-state index is 12.6. The van der Waals surface area contributed by atoms with Gasteiger partial charge in [-0.3, -0.25) is 0 Å². The Morgan fingerprint density at radius 3 is 2.45 bits per heavy atom. The van der Waals surface area contributed by atoms with Crippen LogP contribution in [0.15, 0.2) is 54.6 Å². The molecule has 3 aromatic rings. The van der Waals surface area contributed by atoms with Crippen molar-refractivity contribution in [1.29, 1.82) is 0 Å². The van der Waals surface area contributed by atoms with Crippen molar-refractivity contribution in [3.8, 4) is 17.0 Å². The highest BCUT2D eigenvalue weighted by atomic mass is 19.4. The number of hydrogen-bond acceptors (Lipinski definition) is 5. The van der Waals surface area contributed by atoms with Crippen LogP contribution < -0.4 is 15.4 Å². The molecule has 0 spiro atoms. The van der Waals surface area contributed by atoms with Crippen molar-refractivity contribution in [2.24, 2.45) is 0 Å². The van der Waals surface area contributed by atoms with Gasteiger partial charge >= 0.3 is 6.36 Å². The van der Waals surface area contributed by atoms with Crippen molar-refractivity contribution in [2.75, 3.05) is 10.6 Å². The number of aromatic nitrogens is 2. The average Bonchev–Trinajstić information content (AvgIpc) is 2.72. The molecule has 0 saturated heterocycles. The van der Waals surface area contributed by atoms with Gasteiger partial charge in [0.1, 0.15) is 11.6 Å². The fraction of sp³-hybridized carbons (Fsp3) is 0.304. The van der Waals surface area contributed by atoms with Gasteiger partial charge in [0.15, 0.2) is 0 Å². The molecule has 5 nitrogen and oxygen atoms in total. The summed E-state index contributed by atoms with van der Waals surface area (Å²) >= 11 is 0. The van der Waals surface area contributed by atoms with Crippen LogP contribution in [-0.2, 0) is 6.54 Å². The predicted molar refractivity (Wildman–Crippen MR) is 116 cm³/mol. The van der Waals surface area contributed by atoms with E-state index in [4.69, 9.17) is 0 Å². The Hall–Kier alpha value is -3.29. The van der Waals surface area contributed by atoms with Crippen molar-refractivity contribution in [3.63, 3.8) is 0 Å². The third-order valence-electron chi connectivity index (χ3n) is 4.67. The van der Waals surface area contributed by atoms with E-state index in [1.165, 1.54) is 23.8 Å². The summed E-state index contributed by atoms with van der Waals surface area (Å²) in [7, 11) is 0. The zero-order valence-corrected chi connectivity index (χ0v) is 17.6. The minimum Gasteiger partial charge on any atom is -0.406 e. The Bertz CT molecular complexity index is 1010. The Labute approximate surface area is 179 Å². The largest absolute Gasteiger partial charge is 0.573 e. The molecule has 0 aliphatic rings. The van der Waals surface area contributed by atoms with E-state index < -0.39 is 6.36 Å². The Balaban J connectivity index is 1.89. The SMILES string of the molecule is CC[C@@H](C)Nc1nc(NCc2ccc(C)cc2)cc(-c2cccc(OC(F)(F)F)c2)n1. The Kier molecular flexibility index (Phi) is 6.99. The van der Waals surface area contributed by atoms with E-state index in [1.807, 2.05) is 45.0 Å². The Morgan fingerprint density at radius 1 is 1.03 bits per heavy atom. The van der Waals surface area contributed by atoms with Crippen LogP contribution in [0.3, 0.4) is 0 Å². The van der Waals surface area contributed by atoms with Crippen LogP contribution in [0.5, 0.6) is 5.75 Å². The van der Waals surface area contributed by atoms with Gasteiger partial charge in [0.2, 0.25) is 5.95 Å². The summed E-state index contributed by atoms with van der Waals surface area (Å²) in [6, 6.07) is 15.7. The second kappa shape index (κ2) is 9.68. The van der Waals surface area contributed by atoms with Crippen LogP contribution in [0.1, 0.15) is 31.4 Å². The third-order valence-corrected chi connectivity index (χ3v) is 4.67. The first-order chi connectivity index (χ1) is 14.7. The Morgan fingerprint density at radius 2 is 1.77 bits per heavy atom. The number of nitrogens with one attached hydrogen (secondary N) is 2. The van der Waals surface area contributed by atoms with Crippen molar-refractivity contribution >= 4 is 11.8 Å². The monoisotopic (exact) mass is 430 g/mol. The van der Waals surface area contributed by atoms with E-state index >= 15 is 0 Å². The van der Waals surface area contributed by atoms with Crippen LogP contribution in [0.25, 0.3) is 11.3 Å². The zero-order valence-electron chi connectivity index (χ0n) is 17.6. The van der Waals surface area contributed by atoms with Gasteiger partial charge < -0.3 is 15.4 Å². The summed E-state index contributed by atoms with van der Waals surface area (Å²) < 4.78 is 41.9. The van der Waals surface area contributed by atoms with E-state index in [-0.39, 0.29) is 11.8 Å². The lowest BCUT2D eigenvalue weighted by atomic mass is 10.1. The summed E-state index contributed by atoms with van der Waals surface area (Å²) in [5.74, 6) is 0.674. The van der Waals surface area contributed by atoms with E-state index in [1.54, 1.807) is 12.1 Å². The minimum atomic E-state index is -4.76. The lowest BCUT2D eigenvalue weighted by Crippen LogP contribution is -2.17. The number of halogens is 3. The number of rotatable bonds is 8. The van der Waals surface area contributed by atoms with Crippen LogP contribution in [-0.4, -0.2) is 22.4 Å². The minimum absolute atomic E-state index is 0.139. The predicted octanol–water partition coefficient (Wildman–Crippen LogP) is 6.17. The highest BCUT2D eigenvalue weighted by Crippen LogP contribution is 2.29. The van der Waals surface area contributed by atoms with Gasteiger partial charge in [-0.15, -0.1) is 13.2 Å². The molecule has 0 radical (unpaired) electrons. The molecule has 0 unspecified atom stereocenters. The summed E-state index contributed by atoms with van der Waals surface area (Å²) in [5.41, 5.74) is 3.24. The summed E-state index contributed by atoms with van der Waals surface area (Å²) in [5, 5.41) is 6.50. The first-order valence-corrected chi connectivity index (χ1v) is 10.0. The fourth-order valence-corrected chi connectivity index (χ4v) is 2.82. The lowest BCUT2D eigenvalue weighted by Gasteiger charge is -2.15. The molecular weight excluding hydrogens is 405 g/mol. The molecule has 0 fully saturated rings. The van der Waals surface area contributed by atoms with Crippen molar-refractivity contribution < 1.29 is 17.9 Å².